The number of Topliss-reactive ketones (excluding diaryl/α,β-unsaturated/α-hetero) is 1. The van der Waals surface area contributed by atoms with Crippen LogP contribution in [0.3, 0.4) is 0 Å². The molecule has 3 atom stereocenters. The van der Waals surface area contributed by atoms with Crippen molar-refractivity contribution in [1.29, 1.82) is 0 Å². The summed E-state index contributed by atoms with van der Waals surface area (Å²) in [6, 6.07) is 0. The summed E-state index contributed by atoms with van der Waals surface area (Å²) in [6.07, 6.45) is 0. The van der Waals surface area contributed by atoms with Crippen LogP contribution in [0.25, 0.3) is 0 Å². The fraction of sp³-hybridized carbons (Fsp3) is 0.364. The Labute approximate surface area is 108 Å². The van der Waals surface area contributed by atoms with E-state index in [1.54, 1.807) is 0 Å². The van der Waals surface area contributed by atoms with Gasteiger partial charge >= 0.3 is 0 Å². The van der Waals surface area contributed by atoms with Crippen molar-refractivity contribution < 1.29 is 13.8 Å². The van der Waals surface area contributed by atoms with Gasteiger partial charge in [-0.15, -0.1) is 0 Å². The Bertz CT molecular complexity index is 458. The van der Waals surface area contributed by atoms with E-state index in [9.17, 15) is 4.79 Å². The Morgan fingerprint density at radius 2 is 1.65 bits per heavy atom. The van der Waals surface area contributed by atoms with Crippen molar-refractivity contribution in [3.8, 4) is 11.5 Å². The first-order valence-electron chi connectivity index (χ1n) is 5.09. The van der Waals surface area contributed by atoms with Crippen LogP contribution >= 0.6 is 26.9 Å². The van der Waals surface area contributed by atoms with Gasteiger partial charge in [-0.05, 0) is 38.8 Å². The van der Waals surface area contributed by atoms with Crippen LogP contribution in [-0.2, 0) is 0 Å². The molecule has 0 radical (unpaired) electrons. The molecule has 0 spiro atoms. The molecule has 3 nitrogen and oxygen atoms in total. The molecule has 1 rings (SSSR count). The van der Waals surface area contributed by atoms with Crippen LogP contribution in [-0.4, -0.2) is 5.78 Å². The highest BCUT2D eigenvalue weighted by atomic mass is 32.0. The third-order valence-corrected chi connectivity index (χ3v) is 3.73. The van der Waals surface area contributed by atoms with E-state index >= 15 is 0 Å². The Kier molecular flexibility index (Phi) is 5.32. The van der Waals surface area contributed by atoms with Crippen molar-refractivity contribution in [2.24, 2.45) is 0 Å². The number of ketones is 1. The zero-order chi connectivity index (χ0) is 13.2. The van der Waals surface area contributed by atoms with Gasteiger partial charge in [-0.25, -0.2) is 0 Å². The maximum atomic E-state index is 11.7. The lowest BCUT2D eigenvalue weighted by Crippen LogP contribution is -2.04. The fourth-order valence-electron chi connectivity index (χ4n) is 1.88. The van der Waals surface area contributed by atoms with Crippen LogP contribution in [0.5, 0.6) is 11.5 Å². The van der Waals surface area contributed by atoms with Gasteiger partial charge in [0.25, 0.3) is 0 Å². The average molecular weight is 290 g/mol. The first kappa shape index (κ1) is 14.8. The van der Waals surface area contributed by atoms with E-state index in [1.807, 2.05) is 20.8 Å². The second-order valence-electron chi connectivity index (χ2n) is 3.80. The van der Waals surface area contributed by atoms with Gasteiger partial charge in [0.2, 0.25) is 0 Å². The lowest BCUT2D eigenvalue weighted by molar-refractivity contribution is 0.101. The largest absolute Gasteiger partial charge is 0.479 e. The Hall–Kier alpha value is -0.220. The van der Waals surface area contributed by atoms with Crippen molar-refractivity contribution in [3.63, 3.8) is 0 Å². The molecule has 0 aliphatic heterocycles. The molecule has 0 saturated carbocycles. The minimum absolute atomic E-state index is 0.0139. The van der Waals surface area contributed by atoms with Crippen LogP contribution in [0, 0.1) is 20.8 Å². The number of carbonyl (C=O) groups excluding carboxylic acids is 1. The topological polar surface area (TPSA) is 35.5 Å². The van der Waals surface area contributed by atoms with Crippen LogP contribution < -0.4 is 9.05 Å². The summed E-state index contributed by atoms with van der Waals surface area (Å²) in [4.78, 5) is 11.7. The maximum Gasteiger partial charge on any atom is 0.163 e. The van der Waals surface area contributed by atoms with E-state index in [0.29, 0.717) is 11.3 Å². The summed E-state index contributed by atoms with van der Waals surface area (Å²) in [6.45, 7) is 7.33. The van der Waals surface area contributed by atoms with E-state index < -0.39 is 0 Å². The molecule has 0 saturated heterocycles. The molecule has 17 heavy (non-hydrogen) atoms. The molecule has 0 amide bonds. The van der Waals surface area contributed by atoms with Gasteiger partial charge in [0.05, 0.1) is 23.5 Å². The minimum Gasteiger partial charge on any atom is -0.479 e. The van der Waals surface area contributed by atoms with E-state index in [2.05, 4.69) is 18.4 Å². The molecule has 0 heterocycles. The van der Waals surface area contributed by atoms with Crippen LogP contribution in [0.15, 0.2) is 0 Å². The minimum atomic E-state index is -0.0139. The Morgan fingerprint density at radius 1 is 1.12 bits per heavy atom. The molecule has 0 fully saturated rings. The van der Waals surface area contributed by atoms with Gasteiger partial charge in [0, 0.05) is 5.56 Å². The average Bonchev–Trinajstić information content (AvgIpc) is 2.28. The lowest BCUT2D eigenvalue weighted by Gasteiger charge is -2.19. The predicted molar refractivity (Wildman–Crippen MR) is 79.6 cm³/mol. The summed E-state index contributed by atoms with van der Waals surface area (Å²) in [5.74, 6) is 1.39. The second-order valence-corrected chi connectivity index (χ2v) is 5.18. The van der Waals surface area contributed by atoms with E-state index in [4.69, 9.17) is 9.05 Å². The Morgan fingerprint density at radius 3 is 2.06 bits per heavy atom. The lowest BCUT2D eigenvalue weighted by atomic mass is 9.95. The van der Waals surface area contributed by atoms with Crippen LogP contribution in [0.4, 0.5) is 0 Å². The summed E-state index contributed by atoms with van der Waals surface area (Å²) >= 11 is 0. The standard InChI is InChI=1S/C11H17O3P3/c1-5-6(2)11(13-15)9(8(4)12)7(3)10(5)14-17-16/h17H,15-16H2,1-4H3. The number of hydrogen-bond acceptors (Lipinski definition) is 3. The van der Waals surface area contributed by atoms with E-state index in [1.165, 1.54) is 6.92 Å². The van der Waals surface area contributed by atoms with E-state index in [-0.39, 0.29) is 14.3 Å². The third-order valence-electron chi connectivity index (χ3n) is 2.82. The number of hydrogen-bond donors (Lipinski definition) is 0. The fourth-order valence-corrected chi connectivity index (χ4v) is 2.95. The quantitative estimate of drug-likeness (QED) is 0.626. The summed E-state index contributed by atoms with van der Waals surface area (Å²) in [5, 5.41) is 0. The van der Waals surface area contributed by atoms with Gasteiger partial charge in [-0.3, -0.25) is 4.79 Å². The van der Waals surface area contributed by atoms with Crippen molar-refractivity contribution >= 4 is 32.7 Å². The number of benzene rings is 1. The maximum absolute atomic E-state index is 11.7. The molecular formula is C11H17O3P3. The zero-order valence-corrected chi connectivity index (χ0v) is 13.7. The molecule has 6 heteroatoms. The molecule has 1 aromatic carbocycles. The monoisotopic (exact) mass is 290 g/mol. The smallest absolute Gasteiger partial charge is 0.163 e. The second kappa shape index (κ2) is 6.10. The molecule has 0 aliphatic rings. The molecule has 3 unspecified atom stereocenters. The number of rotatable bonds is 4. The molecule has 0 bridgehead atoms. The first-order valence-corrected chi connectivity index (χ1v) is 8.28. The van der Waals surface area contributed by atoms with Crippen molar-refractivity contribution in [3.05, 3.63) is 22.3 Å². The molecule has 1 aromatic rings. The van der Waals surface area contributed by atoms with Crippen molar-refractivity contribution in [1.82, 2.24) is 0 Å². The predicted octanol–water partition coefficient (Wildman–Crippen LogP) is 3.75. The Balaban J connectivity index is 3.63. The van der Waals surface area contributed by atoms with Crippen molar-refractivity contribution in [2.75, 3.05) is 0 Å². The van der Waals surface area contributed by atoms with Crippen LogP contribution in [0.2, 0.25) is 0 Å². The normalized spacial score (nSPS) is 10.9. The van der Waals surface area contributed by atoms with Crippen molar-refractivity contribution in [2.45, 2.75) is 27.7 Å². The highest BCUT2D eigenvalue weighted by molar-refractivity contribution is 8.00. The summed E-state index contributed by atoms with van der Waals surface area (Å²) in [7, 11) is 5.01. The van der Waals surface area contributed by atoms with Gasteiger partial charge in [0.15, 0.2) is 5.78 Å². The van der Waals surface area contributed by atoms with Gasteiger partial charge in [-0.1, -0.05) is 8.93 Å². The molecule has 0 aromatic heterocycles. The SMILES string of the molecule is CC(=O)c1c(C)c(OPP)c(C)c(C)c1OP. The zero-order valence-electron chi connectivity index (χ0n) is 10.4. The molecular weight excluding hydrogens is 273 g/mol. The highest BCUT2D eigenvalue weighted by Crippen LogP contribution is 2.41. The van der Waals surface area contributed by atoms with Gasteiger partial charge in [0.1, 0.15) is 11.5 Å². The van der Waals surface area contributed by atoms with Gasteiger partial charge < -0.3 is 9.05 Å². The van der Waals surface area contributed by atoms with E-state index in [0.717, 1.165) is 22.4 Å². The molecule has 0 N–H and O–H groups in total. The molecule has 94 valence electrons. The summed E-state index contributed by atoms with van der Waals surface area (Å²) < 4.78 is 10.9. The summed E-state index contributed by atoms with van der Waals surface area (Å²) in [5.41, 5.74) is 3.39. The first-order chi connectivity index (χ1) is 7.95. The third kappa shape index (κ3) is 2.79. The molecule has 0 aliphatic carbocycles. The van der Waals surface area contributed by atoms with Gasteiger partial charge in [-0.2, -0.15) is 0 Å². The highest BCUT2D eigenvalue weighted by Gasteiger charge is 2.21. The number of carbonyl (C=O) groups is 1. The van der Waals surface area contributed by atoms with Crippen LogP contribution in [0.1, 0.15) is 34.0 Å².